The minimum atomic E-state index is 0.305. The number of nitrogen functional groups attached to an aromatic ring is 1. The van der Waals surface area contributed by atoms with Crippen LogP contribution in [0, 0.1) is 0 Å². The highest BCUT2D eigenvalue weighted by molar-refractivity contribution is 7.13. The molecule has 0 saturated carbocycles. The number of halogens is 2. The van der Waals surface area contributed by atoms with Crippen molar-refractivity contribution in [2.24, 2.45) is 0 Å². The monoisotopic (exact) mass is 244 g/mol. The van der Waals surface area contributed by atoms with Crippen LogP contribution < -0.4 is 5.73 Å². The molecule has 0 radical (unpaired) electrons. The average molecular weight is 245 g/mol. The molecule has 2 N–H and O–H groups in total. The first-order valence-corrected chi connectivity index (χ1v) is 5.47. The van der Waals surface area contributed by atoms with Crippen LogP contribution in [0.2, 0.25) is 10.0 Å². The van der Waals surface area contributed by atoms with Crippen molar-refractivity contribution in [1.29, 1.82) is 0 Å². The van der Waals surface area contributed by atoms with Gasteiger partial charge in [0.05, 0.1) is 14.9 Å². The van der Waals surface area contributed by atoms with Gasteiger partial charge in [-0.25, -0.2) is 4.98 Å². The molecule has 0 aliphatic rings. The van der Waals surface area contributed by atoms with E-state index in [9.17, 15) is 0 Å². The minimum Gasteiger partial charge on any atom is -0.382 e. The van der Waals surface area contributed by atoms with E-state index in [2.05, 4.69) is 4.98 Å². The molecule has 2 nitrogen and oxygen atoms in total. The lowest BCUT2D eigenvalue weighted by atomic mass is 10.3. The summed E-state index contributed by atoms with van der Waals surface area (Å²) in [5.74, 6) is 0.305. The molecule has 2 heterocycles. The zero-order valence-electron chi connectivity index (χ0n) is 7.00. The Morgan fingerprint density at radius 3 is 2.71 bits per heavy atom. The third-order valence-corrected chi connectivity index (χ3v) is 3.18. The van der Waals surface area contributed by atoms with E-state index >= 15 is 0 Å². The van der Waals surface area contributed by atoms with Gasteiger partial charge in [-0.3, -0.25) is 0 Å². The van der Waals surface area contributed by atoms with Crippen LogP contribution in [0.5, 0.6) is 0 Å². The van der Waals surface area contributed by atoms with Crippen molar-refractivity contribution in [3.8, 4) is 10.6 Å². The van der Waals surface area contributed by atoms with E-state index in [-0.39, 0.29) is 0 Å². The second-order valence-electron chi connectivity index (χ2n) is 2.66. The molecule has 0 amide bonds. The molecule has 5 heteroatoms. The summed E-state index contributed by atoms with van der Waals surface area (Å²) < 4.78 is 0. The summed E-state index contributed by atoms with van der Waals surface area (Å²) in [6.07, 6.45) is 0. The van der Waals surface area contributed by atoms with Gasteiger partial charge >= 0.3 is 0 Å². The maximum Gasteiger partial charge on any atom is 0.143 e. The van der Waals surface area contributed by atoms with Crippen molar-refractivity contribution in [3.05, 3.63) is 33.6 Å². The standard InChI is InChI=1S/C9H6Cl2N2S/c10-5-4-6(11)9(12)13-8(5)7-2-1-3-14-7/h1-4H,(H2,12,13). The van der Waals surface area contributed by atoms with Gasteiger partial charge in [0, 0.05) is 0 Å². The Bertz CT molecular complexity index is 454. The lowest BCUT2D eigenvalue weighted by molar-refractivity contribution is 1.35. The first kappa shape index (κ1) is 9.77. The molecular formula is C9H6Cl2N2S. The minimum absolute atomic E-state index is 0.305. The molecule has 0 spiro atoms. The zero-order chi connectivity index (χ0) is 10.1. The van der Waals surface area contributed by atoms with E-state index in [4.69, 9.17) is 28.9 Å². The molecule has 0 aliphatic heterocycles. The summed E-state index contributed by atoms with van der Waals surface area (Å²) in [6.45, 7) is 0. The Hall–Kier alpha value is -0.770. The molecular weight excluding hydrogens is 239 g/mol. The number of rotatable bonds is 1. The number of anilines is 1. The van der Waals surface area contributed by atoms with Gasteiger partial charge in [-0.15, -0.1) is 11.3 Å². The number of nitrogens with zero attached hydrogens (tertiary/aromatic N) is 1. The van der Waals surface area contributed by atoms with Gasteiger partial charge in [0.1, 0.15) is 11.5 Å². The highest BCUT2D eigenvalue weighted by Gasteiger charge is 2.09. The smallest absolute Gasteiger partial charge is 0.143 e. The van der Waals surface area contributed by atoms with E-state index in [0.29, 0.717) is 21.6 Å². The van der Waals surface area contributed by atoms with Gasteiger partial charge in [0.15, 0.2) is 0 Å². The number of hydrogen-bond donors (Lipinski definition) is 1. The predicted molar refractivity (Wildman–Crippen MR) is 62.0 cm³/mol. The Balaban J connectivity index is 2.60. The molecule has 2 rings (SSSR count). The largest absolute Gasteiger partial charge is 0.382 e. The van der Waals surface area contributed by atoms with Gasteiger partial charge in [0.2, 0.25) is 0 Å². The molecule has 0 aromatic carbocycles. The summed E-state index contributed by atoms with van der Waals surface area (Å²) in [7, 11) is 0. The zero-order valence-corrected chi connectivity index (χ0v) is 9.33. The maximum atomic E-state index is 6.00. The number of thiophene rings is 1. The van der Waals surface area contributed by atoms with Gasteiger partial charge in [-0.1, -0.05) is 29.3 Å². The van der Waals surface area contributed by atoms with Crippen molar-refractivity contribution >= 4 is 40.4 Å². The van der Waals surface area contributed by atoms with Crippen LogP contribution in [0.15, 0.2) is 23.6 Å². The SMILES string of the molecule is Nc1nc(-c2cccs2)c(Cl)cc1Cl. The van der Waals surface area contributed by atoms with Crippen molar-refractivity contribution in [3.63, 3.8) is 0 Å². The molecule has 14 heavy (non-hydrogen) atoms. The molecule has 0 atom stereocenters. The fourth-order valence-electron chi connectivity index (χ4n) is 1.07. The van der Waals surface area contributed by atoms with Crippen molar-refractivity contribution < 1.29 is 0 Å². The second-order valence-corrected chi connectivity index (χ2v) is 4.43. The lowest BCUT2D eigenvalue weighted by Crippen LogP contribution is -1.93. The lowest BCUT2D eigenvalue weighted by Gasteiger charge is -2.03. The fraction of sp³-hybridized carbons (Fsp3) is 0. The summed E-state index contributed by atoms with van der Waals surface area (Å²) in [4.78, 5) is 5.12. The van der Waals surface area contributed by atoms with Crippen LogP contribution in [0.3, 0.4) is 0 Å². The van der Waals surface area contributed by atoms with E-state index in [1.54, 1.807) is 17.4 Å². The van der Waals surface area contributed by atoms with Crippen LogP contribution in [-0.4, -0.2) is 4.98 Å². The number of pyridine rings is 1. The molecule has 0 fully saturated rings. The van der Waals surface area contributed by atoms with Crippen molar-refractivity contribution in [2.45, 2.75) is 0 Å². The van der Waals surface area contributed by atoms with Gasteiger partial charge in [-0.05, 0) is 17.5 Å². The molecule has 72 valence electrons. The third kappa shape index (κ3) is 1.71. The Morgan fingerprint density at radius 2 is 2.07 bits per heavy atom. The topological polar surface area (TPSA) is 38.9 Å². The van der Waals surface area contributed by atoms with Crippen LogP contribution in [0.4, 0.5) is 5.82 Å². The average Bonchev–Trinajstić information content (AvgIpc) is 2.64. The summed E-state index contributed by atoms with van der Waals surface area (Å²) in [5, 5.41) is 2.86. The first-order chi connectivity index (χ1) is 6.68. The van der Waals surface area contributed by atoms with Crippen molar-refractivity contribution in [1.82, 2.24) is 4.98 Å². The maximum absolute atomic E-state index is 6.00. The highest BCUT2D eigenvalue weighted by Crippen LogP contribution is 2.33. The second kappa shape index (κ2) is 3.77. The van der Waals surface area contributed by atoms with E-state index in [1.807, 2.05) is 17.5 Å². The Kier molecular flexibility index (Phi) is 2.63. The number of nitrogens with two attached hydrogens (primary N) is 1. The molecule has 2 aromatic rings. The normalized spacial score (nSPS) is 10.4. The van der Waals surface area contributed by atoms with Crippen LogP contribution in [-0.2, 0) is 0 Å². The fourth-order valence-corrected chi connectivity index (χ4v) is 2.31. The Labute approximate surface area is 95.3 Å². The van der Waals surface area contributed by atoms with Gasteiger partial charge < -0.3 is 5.73 Å². The quantitative estimate of drug-likeness (QED) is 0.831. The molecule has 0 saturated heterocycles. The molecule has 0 aliphatic carbocycles. The Morgan fingerprint density at radius 1 is 1.29 bits per heavy atom. The van der Waals surface area contributed by atoms with Gasteiger partial charge in [-0.2, -0.15) is 0 Å². The van der Waals surface area contributed by atoms with Crippen LogP contribution in [0.1, 0.15) is 0 Å². The third-order valence-electron chi connectivity index (χ3n) is 1.71. The molecule has 0 unspecified atom stereocenters. The van der Waals surface area contributed by atoms with Crippen LogP contribution >= 0.6 is 34.5 Å². The van der Waals surface area contributed by atoms with Crippen molar-refractivity contribution in [2.75, 3.05) is 5.73 Å². The predicted octanol–water partition coefficient (Wildman–Crippen LogP) is 3.70. The van der Waals surface area contributed by atoms with Gasteiger partial charge in [0.25, 0.3) is 0 Å². The number of hydrogen-bond acceptors (Lipinski definition) is 3. The first-order valence-electron chi connectivity index (χ1n) is 3.84. The van der Waals surface area contributed by atoms with E-state index in [0.717, 1.165) is 4.88 Å². The summed E-state index contributed by atoms with van der Waals surface area (Å²) >= 11 is 13.3. The highest BCUT2D eigenvalue weighted by atomic mass is 35.5. The van der Waals surface area contributed by atoms with Crippen LogP contribution in [0.25, 0.3) is 10.6 Å². The molecule has 2 aromatic heterocycles. The van der Waals surface area contributed by atoms with E-state index in [1.165, 1.54) is 0 Å². The van der Waals surface area contributed by atoms with E-state index < -0.39 is 0 Å². The molecule has 0 bridgehead atoms. The number of aromatic nitrogens is 1. The summed E-state index contributed by atoms with van der Waals surface area (Å²) in [5.41, 5.74) is 6.28. The summed E-state index contributed by atoms with van der Waals surface area (Å²) in [6, 6.07) is 5.48.